The first-order valence-electron chi connectivity index (χ1n) is 3.62. The molecule has 1 aromatic rings. The zero-order chi connectivity index (χ0) is 8.27. The molecule has 1 rings (SSSR count). The van der Waals surface area contributed by atoms with Crippen molar-refractivity contribution in [3.8, 4) is 0 Å². The molecule has 0 aromatic carbocycles. The summed E-state index contributed by atoms with van der Waals surface area (Å²) in [6, 6.07) is 1.66. The van der Waals surface area contributed by atoms with Gasteiger partial charge in [-0.3, -0.25) is 4.59 Å². The van der Waals surface area contributed by atoms with Gasteiger partial charge in [0, 0.05) is 7.05 Å². The summed E-state index contributed by atoms with van der Waals surface area (Å²) in [6.45, 7) is 0. The molecule has 0 aliphatic heterocycles. The predicted octanol–water partition coefficient (Wildman–Crippen LogP) is -1.73. The quantitative estimate of drug-likeness (QED) is 0.505. The van der Waals surface area contributed by atoms with Crippen molar-refractivity contribution in [2.45, 2.75) is 0 Å². The number of nitrogens with one attached hydrogen (secondary N) is 1. The van der Waals surface area contributed by atoms with E-state index in [0.717, 1.165) is 0 Å². The Hall–Kier alpha value is -0.930. The number of hydrogen-bond donors (Lipinski definition) is 1. The minimum Gasteiger partial charge on any atom is -0.372 e. The van der Waals surface area contributed by atoms with Crippen LogP contribution in [0.3, 0.4) is 0 Å². The molecule has 0 fully saturated rings. The van der Waals surface area contributed by atoms with E-state index in [2.05, 4.69) is 10.4 Å². The Morgan fingerprint density at radius 2 is 2.90 bits per heavy atom. The topological polar surface area (TPSA) is 29.9 Å². The molecular weight excluding hydrogens is 131 g/mol. The van der Waals surface area contributed by atoms with Crippen LogP contribution in [0.5, 0.6) is 0 Å². The Morgan fingerprint density at radius 1 is 2.10 bits per heavy atom. The van der Waals surface area contributed by atoms with Gasteiger partial charge in [0.05, 0.1) is 0 Å². The van der Waals surface area contributed by atoms with E-state index in [0.29, 0.717) is 11.4 Å². The summed E-state index contributed by atoms with van der Waals surface area (Å²) in [5.41, 5.74) is 0.580. The van der Waals surface area contributed by atoms with Crippen LogP contribution in [0.25, 0.3) is 0 Å². The van der Waals surface area contributed by atoms with Gasteiger partial charge in [0.2, 0.25) is 0 Å². The molecule has 0 bridgehead atoms. The number of hydrogen-bond acceptors (Lipinski definition) is 2. The maximum atomic E-state index is 12.1. The van der Waals surface area contributed by atoms with Gasteiger partial charge in [-0.25, -0.2) is 0 Å². The third-order valence-electron chi connectivity index (χ3n) is 1.23. The number of anilines is 1. The Balaban J connectivity index is 2.92. The van der Waals surface area contributed by atoms with Crippen molar-refractivity contribution in [3.63, 3.8) is 0 Å². The highest BCUT2D eigenvalue weighted by molar-refractivity contribution is 6.37. The molecule has 0 saturated heterocycles. The van der Waals surface area contributed by atoms with Gasteiger partial charge in [-0.1, -0.05) is 0 Å². The Bertz CT molecular complexity index is 220. The van der Waals surface area contributed by atoms with Gasteiger partial charge >= 0.3 is 7.69 Å². The minimum atomic E-state index is -0.671. The van der Waals surface area contributed by atoms with Crippen LogP contribution in [0.15, 0.2) is 6.07 Å². The third kappa shape index (κ3) is 1.15. The number of halogens is 1. The van der Waals surface area contributed by atoms with Gasteiger partial charge in [0.1, 0.15) is 5.82 Å². The maximum absolute atomic E-state index is 12.1. The molecular formula is C4H8B2FN3. The normalized spacial score (nSPS) is 10.4. The summed E-state index contributed by atoms with van der Waals surface area (Å²) in [4.78, 5) is 0. The summed E-state index contributed by atoms with van der Waals surface area (Å²) in [7, 11) is 1.09. The van der Waals surface area contributed by atoms with Crippen molar-refractivity contribution in [1.82, 2.24) is 9.69 Å². The van der Waals surface area contributed by atoms with E-state index in [-0.39, 0.29) is 7.81 Å². The van der Waals surface area contributed by atoms with Crippen molar-refractivity contribution in [3.05, 3.63) is 6.07 Å². The van der Waals surface area contributed by atoms with E-state index in [1.165, 1.54) is 4.59 Å². The Kier molecular flexibility index (Phi) is 1.61. The first-order valence-corrected chi connectivity index (χ1v) is 2.91. The zero-order valence-corrected chi connectivity index (χ0v) is 5.76. The smallest absolute Gasteiger partial charge is 0.372 e. The lowest BCUT2D eigenvalue weighted by molar-refractivity contribution is 0.804. The molecule has 0 spiro atoms. The number of aromatic nitrogens is 2. The predicted molar refractivity (Wildman–Crippen MR) is 43.6 cm³/mol. The molecule has 0 radical (unpaired) electrons. The number of nitrogens with zero attached hydrogens (tertiary/aromatic N) is 2. The molecule has 3 nitrogen and oxygen atoms in total. The van der Waals surface area contributed by atoms with Gasteiger partial charge in [0.15, 0.2) is 7.81 Å². The van der Waals surface area contributed by atoms with Gasteiger partial charge in [0.25, 0.3) is 0 Å². The average Bonchev–Trinajstić information content (AvgIpc) is 2.46. The molecule has 0 amide bonds. The van der Waals surface area contributed by atoms with E-state index in [9.17, 15) is 4.32 Å². The van der Waals surface area contributed by atoms with Crippen molar-refractivity contribution >= 4 is 26.9 Å². The van der Waals surface area contributed by atoms with Crippen molar-refractivity contribution in [2.24, 2.45) is 0 Å². The highest BCUT2D eigenvalue weighted by atomic mass is 19.1. The summed E-state index contributed by atoms with van der Waals surface area (Å²) < 4.78 is 20.3. The first-order chi connectivity index (χ1) is 5.31. The van der Waals surface area contributed by atoms with Gasteiger partial charge in [-0.2, -0.15) is 5.10 Å². The standard InChI is InChI=1S/C4H8B2FN3/c1-8-4-2-3(5)10(6-7)9-4/h2,6H,5H2,1H3,(H,8,9)/i5D. The molecule has 1 N–H and O–H groups in total. The molecule has 6 heteroatoms. The van der Waals surface area contributed by atoms with E-state index in [1.807, 2.05) is 0 Å². The van der Waals surface area contributed by atoms with E-state index in [1.54, 1.807) is 13.1 Å². The van der Waals surface area contributed by atoms with Crippen molar-refractivity contribution < 1.29 is 4.32 Å². The van der Waals surface area contributed by atoms with Crippen molar-refractivity contribution in [1.29, 1.82) is 1.34 Å². The van der Waals surface area contributed by atoms with Crippen LogP contribution in [0, 0.1) is 0 Å². The maximum Gasteiger partial charge on any atom is 0.464 e. The fourth-order valence-electron chi connectivity index (χ4n) is 0.681. The summed E-state index contributed by atoms with van der Waals surface area (Å²) in [6.07, 6.45) is 0. The molecule has 0 aliphatic rings. The molecule has 52 valence electrons. The second-order valence-corrected chi connectivity index (χ2v) is 1.89. The van der Waals surface area contributed by atoms with Crippen LogP contribution in [-0.4, -0.2) is 33.6 Å². The molecule has 1 aromatic heterocycles. The van der Waals surface area contributed by atoms with Crippen LogP contribution < -0.4 is 10.9 Å². The van der Waals surface area contributed by atoms with Crippen LogP contribution in [-0.2, 0) is 0 Å². The third-order valence-corrected chi connectivity index (χ3v) is 1.23. The molecule has 0 unspecified atom stereocenters. The molecule has 1 heterocycles. The number of rotatable bonds is 3. The van der Waals surface area contributed by atoms with Gasteiger partial charge in [-0.15, -0.1) is 0 Å². The van der Waals surface area contributed by atoms with E-state index >= 15 is 0 Å². The highest BCUT2D eigenvalue weighted by Crippen LogP contribution is 1.95. The summed E-state index contributed by atoms with van der Waals surface area (Å²) >= 11 is 0. The lowest BCUT2D eigenvalue weighted by atomic mass is 10.0. The van der Waals surface area contributed by atoms with Crippen LogP contribution in [0.4, 0.5) is 10.1 Å². The Morgan fingerprint density at radius 3 is 3.30 bits per heavy atom. The summed E-state index contributed by atoms with van der Waals surface area (Å²) in [5, 5.41) is 6.60. The van der Waals surface area contributed by atoms with Crippen LogP contribution in [0.1, 0.15) is 0 Å². The molecule has 0 atom stereocenters. The molecule has 0 aliphatic carbocycles. The Labute approximate surface area is 61.7 Å². The van der Waals surface area contributed by atoms with E-state index in [4.69, 9.17) is 1.34 Å². The zero-order valence-electron chi connectivity index (χ0n) is 6.76. The second kappa shape index (κ2) is 2.77. The largest absolute Gasteiger partial charge is 0.464 e. The first kappa shape index (κ1) is 5.82. The van der Waals surface area contributed by atoms with Gasteiger partial charge < -0.3 is 9.63 Å². The molecule has 0 saturated carbocycles. The molecule has 10 heavy (non-hydrogen) atoms. The van der Waals surface area contributed by atoms with E-state index < -0.39 is 7.69 Å². The van der Waals surface area contributed by atoms with Crippen LogP contribution in [0.2, 0.25) is 0 Å². The minimum absolute atomic E-state index is 0.0542. The van der Waals surface area contributed by atoms with Gasteiger partial charge in [-0.05, 0) is 13.0 Å². The lowest BCUT2D eigenvalue weighted by Crippen LogP contribution is -2.20. The van der Waals surface area contributed by atoms with Crippen molar-refractivity contribution in [2.75, 3.05) is 12.4 Å². The highest BCUT2D eigenvalue weighted by Gasteiger charge is 2.01. The second-order valence-electron chi connectivity index (χ2n) is 1.89. The lowest BCUT2D eigenvalue weighted by Gasteiger charge is -1.92. The average molecular weight is 140 g/mol. The monoisotopic (exact) mass is 140 g/mol. The fourth-order valence-corrected chi connectivity index (χ4v) is 0.681. The fraction of sp³-hybridized carbons (Fsp3) is 0.250. The SMILES string of the molecule is [2H]Bc1cc(NC)nn1BF. The van der Waals surface area contributed by atoms with Crippen LogP contribution >= 0.6 is 0 Å². The summed E-state index contributed by atoms with van der Waals surface area (Å²) in [5.74, 6) is 0.602.